The van der Waals surface area contributed by atoms with Crippen molar-refractivity contribution in [1.29, 1.82) is 0 Å². The van der Waals surface area contributed by atoms with Crippen LogP contribution in [0.1, 0.15) is 5.56 Å². The lowest BCUT2D eigenvalue weighted by Crippen LogP contribution is -2.15. The number of nitrogens with one attached hydrogen (secondary N) is 1. The summed E-state index contributed by atoms with van der Waals surface area (Å²) in [6.07, 6.45) is 0. The molecule has 0 heterocycles. The number of anilines is 1. The zero-order chi connectivity index (χ0) is 12.1. The van der Waals surface area contributed by atoms with Crippen molar-refractivity contribution < 1.29 is 14.5 Å². The van der Waals surface area contributed by atoms with Gasteiger partial charge >= 0.3 is 5.97 Å². The smallest absolute Gasteiger partial charge is 0.325 e. The number of nitro groups is 1. The van der Waals surface area contributed by atoms with Crippen molar-refractivity contribution in [3.63, 3.8) is 0 Å². The molecule has 86 valence electrons. The summed E-state index contributed by atoms with van der Waals surface area (Å²) in [6, 6.07) is 4.65. The van der Waals surface area contributed by atoms with Gasteiger partial charge in [0.05, 0.1) is 12.0 Å². The summed E-state index contributed by atoms with van der Waals surface area (Å²) < 4.78 is 4.45. The van der Waals surface area contributed by atoms with Crippen LogP contribution in [-0.4, -0.2) is 24.5 Å². The first-order chi connectivity index (χ1) is 7.56. The van der Waals surface area contributed by atoms with Gasteiger partial charge < -0.3 is 10.1 Å². The summed E-state index contributed by atoms with van der Waals surface area (Å²) in [4.78, 5) is 21.1. The predicted molar refractivity (Wildman–Crippen MR) is 58.3 cm³/mol. The predicted octanol–water partition coefficient (Wildman–Crippen LogP) is 1.49. The maximum atomic E-state index is 10.9. The van der Waals surface area contributed by atoms with Crippen LogP contribution in [-0.2, 0) is 9.53 Å². The third-order valence-corrected chi connectivity index (χ3v) is 2.15. The number of nitrogens with zero attached hydrogens (tertiary/aromatic N) is 1. The summed E-state index contributed by atoms with van der Waals surface area (Å²) in [5.41, 5.74) is 1.07. The zero-order valence-corrected chi connectivity index (χ0v) is 9.02. The number of nitro benzene ring substituents is 1. The number of esters is 1. The van der Waals surface area contributed by atoms with Crippen molar-refractivity contribution in [1.82, 2.24) is 0 Å². The van der Waals surface area contributed by atoms with Gasteiger partial charge in [0.2, 0.25) is 0 Å². The quantitative estimate of drug-likeness (QED) is 0.476. The number of ether oxygens (including phenoxy) is 1. The zero-order valence-electron chi connectivity index (χ0n) is 9.02. The highest BCUT2D eigenvalue weighted by atomic mass is 16.6. The topological polar surface area (TPSA) is 81.5 Å². The second-order valence-electron chi connectivity index (χ2n) is 3.14. The molecule has 6 heteroatoms. The van der Waals surface area contributed by atoms with Crippen LogP contribution in [0.4, 0.5) is 11.4 Å². The SMILES string of the molecule is COC(=O)CNc1cccc([N+](=O)[O-])c1C. The average Bonchev–Trinajstić information content (AvgIpc) is 2.26. The fraction of sp³-hybridized carbons (Fsp3) is 0.300. The van der Waals surface area contributed by atoms with Crippen LogP contribution in [0, 0.1) is 17.0 Å². The van der Waals surface area contributed by atoms with Gasteiger partial charge in [0.25, 0.3) is 5.69 Å². The van der Waals surface area contributed by atoms with Crippen molar-refractivity contribution in [2.24, 2.45) is 0 Å². The first-order valence-electron chi connectivity index (χ1n) is 4.61. The summed E-state index contributed by atoms with van der Waals surface area (Å²) in [5, 5.41) is 13.4. The van der Waals surface area contributed by atoms with E-state index in [0.717, 1.165) is 0 Å². The van der Waals surface area contributed by atoms with E-state index in [4.69, 9.17) is 0 Å². The van der Waals surface area contributed by atoms with E-state index in [1.165, 1.54) is 13.2 Å². The lowest BCUT2D eigenvalue weighted by atomic mass is 10.1. The molecule has 0 fully saturated rings. The Hall–Kier alpha value is -2.11. The van der Waals surface area contributed by atoms with Gasteiger partial charge in [-0.1, -0.05) is 6.07 Å². The monoisotopic (exact) mass is 224 g/mol. The van der Waals surface area contributed by atoms with E-state index in [-0.39, 0.29) is 12.2 Å². The first kappa shape index (κ1) is 12.0. The second kappa shape index (κ2) is 5.11. The van der Waals surface area contributed by atoms with E-state index in [1.54, 1.807) is 19.1 Å². The lowest BCUT2D eigenvalue weighted by molar-refractivity contribution is -0.385. The average molecular weight is 224 g/mol. The van der Waals surface area contributed by atoms with E-state index in [0.29, 0.717) is 11.3 Å². The maximum absolute atomic E-state index is 10.9. The highest BCUT2D eigenvalue weighted by molar-refractivity contribution is 5.75. The third-order valence-electron chi connectivity index (χ3n) is 2.15. The molecule has 0 amide bonds. The maximum Gasteiger partial charge on any atom is 0.325 e. The van der Waals surface area contributed by atoms with E-state index in [1.807, 2.05) is 0 Å². The summed E-state index contributed by atoms with van der Waals surface area (Å²) in [6.45, 7) is 1.61. The Morgan fingerprint density at radius 2 is 2.25 bits per heavy atom. The molecule has 6 nitrogen and oxygen atoms in total. The Kier molecular flexibility index (Phi) is 3.82. The van der Waals surface area contributed by atoms with E-state index in [9.17, 15) is 14.9 Å². The van der Waals surface area contributed by atoms with Gasteiger partial charge in [-0.15, -0.1) is 0 Å². The Balaban J connectivity index is 2.85. The van der Waals surface area contributed by atoms with Gasteiger partial charge in [0, 0.05) is 17.3 Å². The molecule has 0 saturated carbocycles. The van der Waals surface area contributed by atoms with Crippen LogP contribution in [0.25, 0.3) is 0 Å². The van der Waals surface area contributed by atoms with Crippen LogP contribution in [0.15, 0.2) is 18.2 Å². The van der Waals surface area contributed by atoms with E-state index in [2.05, 4.69) is 10.1 Å². The molecule has 0 aliphatic heterocycles. The Morgan fingerprint density at radius 3 is 2.81 bits per heavy atom. The molecular formula is C10H12N2O4. The lowest BCUT2D eigenvalue weighted by Gasteiger charge is -2.08. The Bertz CT molecular complexity index is 417. The van der Waals surface area contributed by atoms with Crippen molar-refractivity contribution in [3.05, 3.63) is 33.9 Å². The number of methoxy groups -OCH3 is 1. The molecule has 0 unspecified atom stereocenters. The third kappa shape index (κ3) is 2.69. The molecule has 0 aliphatic carbocycles. The molecule has 0 radical (unpaired) electrons. The highest BCUT2D eigenvalue weighted by Crippen LogP contribution is 2.24. The van der Waals surface area contributed by atoms with Gasteiger partial charge in [0.1, 0.15) is 6.54 Å². The van der Waals surface area contributed by atoms with E-state index >= 15 is 0 Å². The summed E-state index contributed by atoms with van der Waals surface area (Å²) >= 11 is 0. The highest BCUT2D eigenvalue weighted by Gasteiger charge is 2.13. The molecule has 1 aromatic carbocycles. The number of benzene rings is 1. The molecule has 1 aromatic rings. The molecule has 0 bridgehead atoms. The number of carbonyl (C=O) groups is 1. The summed E-state index contributed by atoms with van der Waals surface area (Å²) in [7, 11) is 1.28. The fourth-order valence-electron chi connectivity index (χ4n) is 1.25. The molecule has 1 N–H and O–H groups in total. The van der Waals surface area contributed by atoms with Crippen molar-refractivity contribution >= 4 is 17.3 Å². The largest absolute Gasteiger partial charge is 0.468 e. The molecule has 0 atom stereocenters. The normalized spacial score (nSPS) is 9.62. The molecule has 0 aromatic heterocycles. The van der Waals surface area contributed by atoms with E-state index < -0.39 is 10.9 Å². The number of carbonyl (C=O) groups excluding carboxylic acids is 1. The minimum Gasteiger partial charge on any atom is -0.468 e. The molecule has 16 heavy (non-hydrogen) atoms. The number of hydrogen-bond acceptors (Lipinski definition) is 5. The minimum atomic E-state index is -0.460. The molecule has 1 rings (SSSR count). The van der Waals surface area contributed by atoms with Crippen LogP contribution >= 0.6 is 0 Å². The van der Waals surface area contributed by atoms with Gasteiger partial charge in [0.15, 0.2) is 0 Å². The number of hydrogen-bond donors (Lipinski definition) is 1. The first-order valence-corrected chi connectivity index (χ1v) is 4.61. The Morgan fingerprint density at radius 1 is 1.56 bits per heavy atom. The van der Waals surface area contributed by atoms with Crippen LogP contribution in [0.2, 0.25) is 0 Å². The van der Waals surface area contributed by atoms with Crippen molar-refractivity contribution in [2.45, 2.75) is 6.92 Å². The molecule has 0 spiro atoms. The Labute approximate surface area is 92.4 Å². The molecule has 0 saturated heterocycles. The molecule has 0 aliphatic rings. The second-order valence-corrected chi connectivity index (χ2v) is 3.14. The summed E-state index contributed by atoms with van der Waals surface area (Å²) in [5.74, 6) is -0.425. The van der Waals surface area contributed by atoms with Gasteiger partial charge in [-0.25, -0.2) is 0 Å². The van der Waals surface area contributed by atoms with Crippen LogP contribution in [0.3, 0.4) is 0 Å². The van der Waals surface area contributed by atoms with Crippen molar-refractivity contribution in [2.75, 3.05) is 19.0 Å². The van der Waals surface area contributed by atoms with Gasteiger partial charge in [-0.3, -0.25) is 14.9 Å². The van der Waals surface area contributed by atoms with Crippen LogP contribution in [0.5, 0.6) is 0 Å². The standard InChI is InChI=1S/C10H12N2O4/c1-7-8(11-6-10(13)16-2)4-3-5-9(7)12(14)15/h3-5,11H,6H2,1-2H3. The number of rotatable bonds is 4. The van der Waals surface area contributed by atoms with Crippen molar-refractivity contribution in [3.8, 4) is 0 Å². The van der Waals surface area contributed by atoms with Gasteiger partial charge in [-0.2, -0.15) is 0 Å². The minimum absolute atomic E-state index is 0.0154. The van der Waals surface area contributed by atoms with Crippen LogP contribution < -0.4 is 5.32 Å². The van der Waals surface area contributed by atoms with Gasteiger partial charge in [-0.05, 0) is 13.0 Å². The fourth-order valence-corrected chi connectivity index (χ4v) is 1.25. The molecular weight excluding hydrogens is 212 g/mol.